The lowest BCUT2D eigenvalue weighted by molar-refractivity contribution is -0.139. The van der Waals surface area contributed by atoms with E-state index in [9.17, 15) is 9.59 Å². The molecular formula is C34H46N2O4. The molecule has 4 N–H and O–H groups in total. The normalized spacial score (nSPS) is 23.1. The number of carbonyl (C=O) groups is 2. The SMILES string of the molecule is CCCCCC1CCC(C2CCC(c3ccc(OC(=O)C=CC(=O)OCc4ccc(N)cc4N)cc3)CC2)CC1. The molecule has 0 bridgehead atoms. The quantitative estimate of drug-likeness (QED) is 0.0983. The van der Waals surface area contributed by atoms with Gasteiger partial charge < -0.3 is 20.9 Å². The van der Waals surface area contributed by atoms with Crippen LogP contribution in [-0.2, 0) is 20.9 Å². The predicted molar refractivity (Wildman–Crippen MR) is 161 cm³/mol. The Morgan fingerprint density at radius 2 is 1.48 bits per heavy atom. The van der Waals surface area contributed by atoms with Gasteiger partial charge in [-0.1, -0.05) is 63.6 Å². The zero-order chi connectivity index (χ0) is 28.3. The molecule has 40 heavy (non-hydrogen) atoms. The molecule has 0 atom stereocenters. The Morgan fingerprint density at radius 1 is 0.825 bits per heavy atom. The zero-order valence-corrected chi connectivity index (χ0v) is 24.0. The first kappa shape index (κ1) is 29.7. The molecule has 0 amide bonds. The van der Waals surface area contributed by atoms with E-state index in [-0.39, 0.29) is 6.61 Å². The number of ether oxygens (including phenoxy) is 2. The van der Waals surface area contributed by atoms with Crippen LogP contribution in [0.1, 0.15) is 101 Å². The Balaban J connectivity index is 1.16. The van der Waals surface area contributed by atoms with Crippen molar-refractivity contribution in [3.8, 4) is 5.75 Å². The summed E-state index contributed by atoms with van der Waals surface area (Å²) >= 11 is 0. The van der Waals surface area contributed by atoms with Crippen molar-refractivity contribution < 1.29 is 19.1 Å². The third kappa shape index (κ3) is 8.87. The van der Waals surface area contributed by atoms with Crippen molar-refractivity contribution >= 4 is 23.3 Å². The highest BCUT2D eigenvalue weighted by Gasteiger charge is 2.31. The highest BCUT2D eigenvalue weighted by molar-refractivity contribution is 5.92. The number of nitrogen functional groups attached to an aromatic ring is 2. The van der Waals surface area contributed by atoms with E-state index in [0.29, 0.717) is 28.6 Å². The van der Waals surface area contributed by atoms with Gasteiger partial charge in [0.05, 0.1) is 0 Å². The van der Waals surface area contributed by atoms with E-state index in [4.69, 9.17) is 20.9 Å². The van der Waals surface area contributed by atoms with Gasteiger partial charge in [0.15, 0.2) is 0 Å². The zero-order valence-electron chi connectivity index (χ0n) is 24.0. The Bertz CT molecular complexity index is 1130. The van der Waals surface area contributed by atoms with Gasteiger partial charge in [0.1, 0.15) is 12.4 Å². The van der Waals surface area contributed by atoms with E-state index in [2.05, 4.69) is 19.1 Å². The van der Waals surface area contributed by atoms with Crippen LogP contribution in [0.5, 0.6) is 5.75 Å². The summed E-state index contributed by atoms with van der Waals surface area (Å²) in [7, 11) is 0. The highest BCUT2D eigenvalue weighted by atomic mass is 16.5. The van der Waals surface area contributed by atoms with Gasteiger partial charge in [-0.2, -0.15) is 0 Å². The van der Waals surface area contributed by atoms with Gasteiger partial charge in [0.2, 0.25) is 0 Å². The molecule has 2 aromatic carbocycles. The topological polar surface area (TPSA) is 105 Å². The van der Waals surface area contributed by atoms with Crippen molar-refractivity contribution in [2.45, 2.75) is 96.5 Å². The standard InChI is InChI=1S/C34H46N2O4/c1-2-3-4-5-24-6-8-25(9-7-24)26-10-12-27(13-11-26)28-15-18-31(19-16-28)40-34(38)21-20-33(37)39-23-29-14-17-30(35)22-32(29)36/h14-22,24-27H,2-13,23,35-36H2,1H3. The van der Waals surface area contributed by atoms with Gasteiger partial charge in [0, 0.05) is 29.1 Å². The molecule has 4 rings (SSSR count). The molecule has 0 unspecified atom stereocenters. The fourth-order valence-corrected chi connectivity index (χ4v) is 6.59. The smallest absolute Gasteiger partial charge is 0.336 e. The van der Waals surface area contributed by atoms with Crippen LogP contribution in [0.2, 0.25) is 0 Å². The van der Waals surface area contributed by atoms with Gasteiger partial charge in [-0.15, -0.1) is 0 Å². The van der Waals surface area contributed by atoms with Crippen LogP contribution in [0, 0.1) is 17.8 Å². The summed E-state index contributed by atoms with van der Waals surface area (Å²) in [6.07, 6.45) is 18.6. The second-order valence-corrected chi connectivity index (χ2v) is 11.8. The van der Waals surface area contributed by atoms with E-state index in [0.717, 1.165) is 29.9 Å². The average Bonchev–Trinajstić information content (AvgIpc) is 2.97. The van der Waals surface area contributed by atoms with Crippen LogP contribution in [0.15, 0.2) is 54.6 Å². The highest BCUT2D eigenvalue weighted by Crippen LogP contribution is 2.44. The summed E-state index contributed by atoms with van der Waals surface area (Å²) in [6, 6.07) is 12.8. The first-order valence-corrected chi connectivity index (χ1v) is 15.2. The van der Waals surface area contributed by atoms with Crippen molar-refractivity contribution in [3.05, 3.63) is 65.7 Å². The first-order valence-electron chi connectivity index (χ1n) is 15.2. The molecule has 0 radical (unpaired) electrons. The Labute approximate surface area is 239 Å². The van der Waals surface area contributed by atoms with Gasteiger partial charge in [-0.05, 0) is 92.0 Å². The molecule has 2 aromatic rings. The molecular weight excluding hydrogens is 500 g/mol. The van der Waals surface area contributed by atoms with Crippen molar-refractivity contribution in [1.29, 1.82) is 0 Å². The van der Waals surface area contributed by atoms with Gasteiger partial charge in [-0.25, -0.2) is 9.59 Å². The second kappa shape index (κ2) is 14.9. The Kier molecular flexibility index (Phi) is 11.1. The van der Waals surface area contributed by atoms with Crippen LogP contribution in [0.3, 0.4) is 0 Å². The summed E-state index contributed by atoms with van der Waals surface area (Å²) < 4.78 is 10.5. The predicted octanol–water partition coefficient (Wildman–Crippen LogP) is 7.72. The molecule has 0 aliphatic heterocycles. The lowest BCUT2D eigenvalue weighted by atomic mass is 9.68. The van der Waals surface area contributed by atoms with Gasteiger partial charge in [-0.3, -0.25) is 0 Å². The van der Waals surface area contributed by atoms with Crippen molar-refractivity contribution in [1.82, 2.24) is 0 Å². The molecule has 2 saturated carbocycles. The number of unbranched alkanes of at least 4 members (excludes halogenated alkanes) is 2. The fraction of sp³-hybridized carbons (Fsp3) is 0.529. The number of anilines is 2. The number of carbonyl (C=O) groups excluding carboxylic acids is 2. The number of nitrogens with two attached hydrogens (primary N) is 2. The summed E-state index contributed by atoms with van der Waals surface area (Å²) in [4.78, 5) is 24.2. The average molecular weight is 547 g/mol. The third-order valence-electron chi connectivity index (χ3n) is 9.01. The van der Waals surface area contributed by atoms with E-state index >= 15 is 0 Å². The first-order chi connectivity index (χ1) is 19.4. The van der Waals surface area contributed by atoms with E-state index < -0.39 is 11.9 Å². The Hall–Kier alpha value is -3.28. The summed E-state index contributed by atoms with van der Waals surface area (Å²) in [5.74, 6) is 2.58. The monoisotopic (exact) mass is 546 g/mol. The molecule has 0 heterocycles. The van der Waals surface area contributed by atoms with Gasteiger partial charge >= 0.3 is 11.9 Å². The molecule has 0 saturated heterocycles. The minimum atomic E-state index is -0.654. The molecule has 2 aliphatic rings. The number of hydrogen-bond donors (Lipinski definition) is 2. The largest absolute Gasteiger partial charge is 0.458 e. The lowest BCUT2D eigenvalue weighted by Crippen LogP contribution is -2.25. The maximum Gasteiger partial charge on any atom is 0.336 e. The van der Waals surface area contributed by atoms with E-state index in [1.165, 1.54) is 82.6 Å². The van der Waals surface area contributed by atoms with E-state index in [1.54, 1.807) is 18.2 Å². The number of benzene rings is 2. The molecule has 6 nitrogen and oxygen atoms in total. The summed E-state index contributed by atoms with van der Waals surface area (Å²) in [5.41, 5.74) is 14.5. The fourth-order valence-electron chi connectivity index (χ4n) is 6.59. The molecule has 2 fully saturated rings. The minimum absolute atomic E-state index is 0.00600. The maximum atomic E-state index is 12.2. The molecule has 2 aliphatic carbocycles. The molecule has 6 heteroatoms. The number of rotatable bonds is 11. The maximum absolute atomic E-state index is 12.2. The van der Waals surface area contributed by atoms with Crippen LogP contribution < -0.4 is 16.2 Å². The molecule has 0 aromatic heterocycles. The lowest BCUT2D eigenvalue weighted by Gasteiger charge is -2.38. The van der Waals surface area contributed by atoms with Crippen molar-refractivity contribution in [2.24, 2.45) is 17.8 Å². The Morgan fingerprint density at radius 3 is 2.12 bits per heavy atom. The third-order valence-corrected chi connectivity index (χ3v) is 9.01. The minimum Gasteiger partial charge on any atom is -0.458 e. The van der Waals surface area contributed by atoms with Crippen LogP contribution in [0.4, 0.5) is 11.4 Å². The second-order valence-electron chi connectivity index (χ2n) is 11.8. The molecule has 0 spiro atoms. The van der Waals surface area contributed by atoms with Crippen LogP contribution in [0.25, 0.3) is 0 Å². The van der Waals surface area contributed by atoms with Gasteiger partial charge in [0.25, 0.3) is 0 Å². The van der Waals surface area contributed by atoms with Crippen molar-refractivity contribution in [2.75, 3.05) is 11.5 Å². The van der Waals surface area contributed by atoms with E-state index in [1.807, 2.05) is 12.1 Å². The summed E-state index contributed by atoms with van der Waals surface area (Å²) in [6.45, 7) is 2.29. The number of hydrogen-bond acceptors (Lipinski definition) is 6. The summed E-state index contributed by atoms with van der Waals surface area (Å²) in [5, 5.41) is 0. The van der Waals surface area contributed by atoms with Crippen molar-refractivity contribution in [3.63, 3.8) is 0 Å². The van der Waals surface area contributed by atoms with Crippen LogP contribution >= 0.6 is 0 Å². The number of esters is 2. The van der Waals surface area contributed by atoms with Crippen LogP contribution in [-0.4, -0.2) is 11.9 Å². The molecule has 216 valence electrons.